The first-order valence-electron chi connectivity index (χ1n) is 22.9. The fourth-order valence-electron chi connectivity index (χ4n) is 10.1. The Bertz CT molecular complexity index is 3920. The Morgan fingerprint density at radius 3 is 1.55 bits per heavy atom. The molecule has 13 rings (SSSR count). The molecule has 0 radical (unpaired) electrons. The summed E-state index contributed by atoms with van der Waals surface area (Å²) < 4.78 is 8.86. The first-order valence-corrected chi connectivity index (χ1v) is 22.9. The topological polar surface area (TPSA) is 21.3 Å². The van der Waals surface area contributed by atoms with Crippen molar-refractivity contribution in [3.63, 3.8) is 0 Å². The van der Waals surface area contributed by atoms with Crippen LogP contribution in [0.2, 0.25) is 0 Å². The van der Waals surface area contributed by atoms with Crippen LogP contribution in [0, 0.1) is 0 Å². The van der Waals surface area contributed by atoms with E-state index in [1.165, 1.54) is 60.5 Å². The van der Waals surface area contributed by atoms with Crippen molar-refractivity contribution in [2.45, 2.75) is 0 Å². The second-order valence-electron chi connectivity index (χ2n) is 17.3. The zero-order chi connectivity index (χ0) is 44.3. The average molecular weight is 855 g/mol. The minimum absolute atomic E-state index is 0.902. The molecule has 0 aliphatic carbocycles. The van der Waals surface area contributed by atoms with Gasteiger partial charge in [0, 0.05) is 49.7 Å². The molecule has 0 saturated carbocycles. The van der Waals surface area contributed by atoms with Gasteiger partial charge in [0.2, 0.25) is 0 Å². The lowest BCUT2D eigenvalue weighted by Gasteiger charge is -2.26. The maximum atomic E-state index is 6.45. The van der Waals surface area contributed by atoms with Crippen LogP contribution in [0.3, 0.4) is 0 Å². The molecule has 67 heavy (non-hydrogen) atoms. The summed E-state index contributed by atoms with van der Waals surface area (Å²) in [6.07, 6.45) is 0. The fraction of sp³-hybridized carbons (Fsp3) is 0. The molecule has 0 bridgehead atoms. The zero-order valence-electron chi connectivity index (χ0n) is 36.6. The van der Waals surface area contributed by atoms with Crippen LogP contribution in [-0.4, -0.2) is 4.57 Å². The normalized spacial score (nSPS) is 11.6. The van der Waals surface area contributed by atoms with Gasteiger partial charge >= 0.3 is 0 Å². The predicted molar refractivity (Wildman–Crippen MR) is 282 cm³/mol. The van der Waals surface area contributed by atoms with E-state index >= 15 is 0 Å². The number of fused-ring (bicyclic) bond motifs is 7. The molecule has 0 aliphatic rings. The molecule has 0 N–H and O–H groups in total. The van der Waals surface area contributed by atoms with E-state index in [2.05, 4.69) is 252 Å². The molecule has 0 spiro atoms. The van der Waals surface area contributed by atoms with Crippen LogP contribution in [0.4, 0.5) is 17.1 Å². The summed E-state index contributed by atoms with van der Waals surface area (Å²) >= 11 is 0. The van der Waals surface area contributed by atoms with Gasteiger partial charge < -0.3 is 13.9 Å². The van der Waals surface area contributed by atoms with Crippen molar-refractivity contribution in [3.8, 4) is 50.2 Å². The van der Waals surface area contributed by atoms with Crippen LogP contribution in [0.15, 0.2) is 259 Å². The average Bonchev–Trinajstić information content (AvgIpc) is 3.95. The van der Waals surface area contributed by atoms with E-state index in [1.54, 1.807) is 0 Å². The van der Waals surface area contributed by atoms with Gasteiger partial charge in [0.1, 0.15) is 11.2 Å². The maximum Gasteiger partial charge on any atom is 0.143 e. The minimum atomic E-state index is 0.902. The van der Waals surface area contributed by atoms with Crippen molar-refractivity contribution < 1.29 is 4.42 Å². The van der Waals surface area contributed by atoms with E-state index in [-0.39, 0.29) is 0 Å². The van der Waals surface area contributed by atoms with Crippen molar-refractivity contribution in [1.82, 2.24) is 4.57 Å². The van der Waals surface area contributed by atoms with Gasteiger partial charge in [-0.15, -0.1) is 0 Å². The summed E-state index contributed by atoms with van der Waals surface area (Å²) in [5.41, 5.74) is 17.8. The molecule has 13 aromatic rings. The molecule has 3 heteroatoms. The predicted octanol–water partition coefficient (Wildman–Crippen LogP) is 18.0. The summed E-state index contributed by atoms with van der Waals surface area (Å²) in [4.78, 5) is 2.36. The van der Waals surface area contributed by atoms with Crippen molar-refractivity contribution in [3.05, 3.63) is 255 Å². The highest BCUT2D eigenvalue weighted by Crippen LogP contribution is 2.42. The van der Waals surface area contributed by atoms with Gasteiger partial charge in [-0.2, -0.15) is 0 Å². The van der Waals surface area contributed by atoms with Crippen LogP contribution in [0.25, 0.3) is 105 Å². The molecule has 0 fully saturated rings. The van der Waals surface area contributed by atoms with E-state index in [9.17, 15) is 0 Å². The molecule has 0 amide bonds. The summed E-state index contributed by atoms with van der Waals surface area (Å²) in [5, 5.41) is 7.25. The van der Waals surface area contributed by atoms with Gasteiger partial charge in [-0.1, -0.05) is 188 Å². The van der Waals surface area contributed by atoms with Crippen LogP contribution in [-0.2, 0) is 0 Å². The third-order valence-electron chi connectivity index (χ3n) is 13.4. The second kappa shape index (κ2) is 16.0. The number of aromatic nitrogens is 1. The SMILES string of the molecule is c1cc(-c2ccc3ccccc3c2)cc(N(c2ccc(-c3ccc(-c4ccccc4-n4c5ccccc5c5ccccc54)cc3)cc2)c2ccc(-c3cccc4c3oc3ccccc34)cc2)c1. The van der Waals surface area contributed by atoms with Gasteiger partial charge in [0.05, 0.1) is 16.7 Å². The number of hydrogen-bond donors (Lipinski definition) is 0. The third-order valence-corrected chi connectivity index (χ3v) is 13.4. The number of furan rings is 1. The summed E-state index contributed by atoms with van der Waals surface area (Å²) in [5.74, 6) is 0. The van der Waals surface area contributed by atoms with E-state index in [1.807, 2.05) is 12.1 Å². The molecule has 0 unspecified atom stereocenters. The molecule has 0 atom stereocenters. The second-order valence-corrected chi connectivity index (χ2v) is 17.3. The van der Waals surface area contributed by atoms with Crippen molar-refractivity contribution in [2.24, 2.45) is 0 Å². The van der Waals surface area contributed by atoms with Crippen LogP contribution >= 0.6 is 0 Å². The van der Waals surface area contributed by atoms with E-state index in [0.29, 0.717) is 0 Å². The Morgan fingerprint density at radius 2 is 0.806 bits per heavy atom. The zero-order valence-corrected chi connectivity index (χ0v) is 36.6. The van der Waals surface area contributed by atoms with Gasteiger partial charge in [-0.25, -0.2) is 0 Å². The van der Waals surface area contributed by atoms with Gasteiger partial charge in [-0.3, -0.25) is 0 Å². The first kappa shape index (κ1) is 38.5. The van der Waals surface area contributed by atoms with Crippen molar-refractivity contribution in [2.75, 3.05) is 4.90 Å². The van der Waals surface area contributed by atoms with Gasteiger partial charge in [0.25, 0.3) is 0 Å². The van der Waals surface area contributed by atoms with E-state index < -0.39 is 0 Å². The monoisotopic (exact) mass is 854 g/mol. The highest BCUT2D eigenvalue weighted by atomic mass is 16.3. The smallest absolute Gasteiger partial charge is 0.143 e. The lowest BCUT2D eigenvalue weighted by Crippen LogP contribution is -2.10. The largest absolute Gasteiger partial charge is 0.455 e. The molecule has 0 aliphatic heterocycles. The molecular formula is C64H42N2O. The number of para-hydroxylation sites is 5. The lowest BCUT2D eigenvalue weighted by atomic mass is 9.98. The minimum Gasteiger partial charge on any atom is -0.455 e. The maximum absolute atomic E-state index is 6.45. The molecule has 314 valence electrons. The molecule has 11 aromatic carbocycles. The molecule has 2 aromatic heterocycles. The lowest BCUT2D eigenvalue weighted by molar-refractivity contribution is 0.670. The Kier molecular flexibility index (Phi) is 9.17. The van der Waals surface area contributed by atoms with E-state index in [0.717, 1.165) is 61.3 Å². The molecule has 2 heterocycles. The van der Waals surface area contributed by atoms with E-state index in [4.69, 9.17) is 4.42 Å². The number of nitrogens with zero attached hydrogens (tertiary/aromatic N) is 2. The van der Waals surface area contributed by atoms with Crippen molar-refractivity contribution in [1.29, 1.82) is 0 Å². The summed E-state index contributed by atoms with van der Waals surface area (Å²) in [6.45, 7) is 0. The fourth-order valence-corrected chi connectivity index (χ4v) is 10.1. The third kappa shape index (κ3) is 6.67. The van der Waals surface area contributed by atoms with Gasteiger partial charge in [0.15, 0.2) is 0 Å². The standard InChI is InChI=1S/C64H42N2O/c1-2-14-48-41-50(32-29-43(48)13-1)49-15-11-16-53(42-49)65(52-39-35-47(36-40-52)55-21-12-22-59-58-20-6-10-26-63(58)67-64(55)59)51-37-33-45(34-38-51)44-27-30-46(31-28-44)54-17-3-7-23-60(54)66-61-24-8-4-18-56(61)57-19-5-9-25-62(57)66/h1-42H. The first-order chi connectivity index (χ1) is 33.2. The number of benzene rings is 11. The summed E-state index contributed by atoms with van der Waals surface area (Å²) in [7, 11) is 0. The number of anilines is 3. The van der Waals surface area contributed by atoms with Crippen molar-refractivity contribution >= 4 is 71.6 Å². The Labute approximate surface area is 388 Å². The molecular weight excluding hydrogens is 813 g/mol. The summed E-state index contributed by atoms with van der Waals surface area (Å²) in [6, 6.07) is 91.9. The van der Waals surface area contributed by atoms with Crippen LogP contribution < -0.4 is 4.90 Å². The number of rotatable bonds is 8. The Hall–Kier alpha value is -8.92. The number of hydrogen-bond acceptors (Lipinski definition) is 2. The Balaban J connectivity index is 0.862. The molecule has 3 nitrogen and oxygen atoms in total. The quantitative estimate of drug-likeness (QED) is 0.152. The van der Waals surface area contributed by atoms with Crippen LogP contribution in [0.5, 0.6) is 0 Å². The van der Waals surface area contributed by atoms with Gasteiger partial charge in [-0.05, 0) is 111 Å². The van der Waals surface area contributed by atoms with Crippen LogP contribution in [0.1, 0.15) is 0 Å². The highest BCUT2D eigenvalue weighted by Gasteiger charge is 2.18. The molecule has 0 saturated heterocycles. The highest BCUT2D eigenvalue weighted by molar-refractivity contribution is 6.11. The Morgan fingerprint density at radius 1 is 0.299 bits per heavy atom.